The Bertz CT molecular complexity index is 299. The fourth-order valence-corrected chi connectivity index (χ4v) is 1.27. The summed E-state index contributed by atoms with van der Waals surface area (Å²) in [7, 11) is 0. The van der Waals surface area contributed by atoms with Crippen LogP contribution in [0.5, 0.6) is 0 Å². The van der Waals surface area contributed by atoms with Crippen LogP contribution in [0.3, 0.4) is 0 Å². The second-order valence-corrected chi connectivity index (χ2v) is 3.01. The van der Waals surface area contributed by atoms with Crippen molar-refractivity contribution in [3.05, 3.63) is 11.6 Å². The summed E-state index contributed by atoms with van der Waals surface area (Å²) in [5, 5.41) is 0. The van der Waals surface area contributed by atoms with E-state index in [0.717, 1.165) is 18.4 Å². The van der Waals surface area contributed by atoms with Crippen LogP contribution in [0, 0.1) is 6.07 Å². The van der Waals surface area contributed by atoms with Gasteiger partial charge < -0.3 is 22.9 Å². The summed E-state index contributed by atoms with van der Waals surface area (Å²) in [6.07, 6.45) is 1.75. The Morgan fingerprint density at radius 1 is 1.00 bits per heavy atom. The molecular formula is C9H15N4Ru. The van der Waals surface area contributed by atoms with Crippen molar-refractivity contribution in [3.63, 3.8) is 0 Å². The Balaban J connectivity index is 0.00000169. The van der Waals surface area contributed by atoms with E-state index < -0.39 is 0 Å². The fourth-order valence-electron chi connectivity index (χ4n) is 1.27. The molecule has 0 aromatic heterocycles. The van der Waals surface area contributed by atoms with Gasteiger partial charge in [-0.25, -0.2) is 0 Å². The zero-order chi connectivity index (χ0) is 10.0. The summed E-state index contributed by atoms with van der Waals surface area (Å²) in [6, 6.07) is 2.71. The molecule has 0 unspecified atom stereocenters. The van der Waals surface area contributed by atoms with Crippen molar-refractivity contribution >= 4 is 22.7 Å². The number of nitrogens with two attached hydrogens (primary N) is 4. The minimum absolute atomic E-state index is 0. The smallest absolute Gasteiger partial charge is 0.448 e. The maximum absolute atomic E-state index is 5.75. The minimum atomic E-state index is 0. The Morgan fingerprint density at radius 3 is 1.79 bits per heavy atom. The third kappa shape index (κ3) is 2.29. The van der Waals surface area contributed by atoms with Gasteiger partial charge in [0, 0.05) is 0 Å². The van der Waals surface area contributed by atoms with Gasteiger partial charge in [0.1, 0.15) is 0 Å². The maximum Gasteiger partial charge on any atom is 1.00 e. The predicted octanol–water partition coefficient (Wildman–Crippen LogP) is 0.766. The van der Waals surface area contributed by atoms with Crippen molar-refractivity contribution < 1.29 is 19.5 Å². The molecule has 0 aliphatic rings. The van der Waals surface area contributed by atoms with Crippen LogP contribution in [0.1, 0.15) is 18.9 Å². The molecule has 0 saturated heterocycles. The standard InChI is InChI=1S/C9H15N4.Ru/c1-2-3-5-8(12)6(10)4-7(11)9(5)13;/h2-3,10-13H2,1H3;/q-1;+1. The Hall–Kier alpha value is -0.957. The van der Waals surface area contributed by atoms with Crippen molar-refractivity contribution in [2.75, 3.05) is 22.9 Å². The average molecular weight is 280 g/mol. The molecule has 0 saturated carbocycles. The van der Waals surface area contributed by atoms with Gasteiger partial charge >= 0.3 is 19.5 Å². The number of benzene rings is 1. The van der Waals surface area contributed by atoms with Gasteiger partial charge in [-0.2, -0.15) is 0 Å². The maximum atomic E-state index is 5.75. The van der Waals surface area contributed by atoms with Gasteiger partial charge in [0.05, 0.1) is 0 Å². The molecule has 0 aliphatic carbocycles. The molecule has 14 heavy (non-hydrogen) atoms. The number of anilines is 4. The summed E-state index contributed by atoms with van der Waals surface area (Å²) >= 11 is 0. The molecule has 0 fully saturated rings. The normalized spacial score (nSPS) is 9.50. The molecule has 0 bridgehead atoms. The summed E-state index contributed by atoms with van der Waals surface area (Å²) < 4.78 is 0. The zero-order valence-corrected chi connectivity index (χ0v) is 9.82. The van der Waals surface area contributed by atoms with E-state index in [1.807, 2.05) is 6.92 Å². The first-order chi connectivity index (χ1) is 6.07. The Labute approximate surface area is 96.8 Å². The second kappa shape index (κ2) is 5.06. The first-order valence-corrected chi connectivity index (χ1v) is 4.22. The monoisotopic (exact) mass is 281 g/mol. The number of nitrogen functional groups attached to an aromatic ring is 4. The van der Waals surface area contributed by atoms with Crippen molar-refractivity contribution in [3.8, 4) is 0 Å². The van der Waals surface area contributed by atoms with Gasteiger partial charge in [-0.15, -0.1) is 11.6 Å². The molecule has 0 aliphatic heterocycles. The van der Waals surface area contributed by atoms with Crippen LogP contribution in [0.15, 0.2) is 0 Å². The molecule has 1 aromatic rings. The average Bonchev–Trinajstić information content (AvgIpc) is 2.09. The van der Waals surface area contributed by atoms with E-state index in [9.17, 15) is 0 Å². The van der Waals surface area contributed by atoms with Crippen LogP contribution in [0.2, 0.25) is 0 Å². The molecule has 79 valence electrons. The summed E-state index contributed by atoms with van der Waals surface area (Å²) in [4.78, 5) is 0. The quantitative estimate of drug-likeness (QED) is 0.365. The number of hydrogen-bond donors (Lipinski definition) is 4. The Kier molecular flexibility index (Phi) is 4.71. The molecule has 0 spiro atoms. The first-order valence-electron chi connectivity index (χ1n) is 4.22. The summed E-state index contributed by atoms with van der Waals surface area (Å²) in [6.45, 7) is 2.04. The van der Waals surface area contributed by atoms with Crippen molar-refractivity contribution in [1.29, 1.82) is 0 Å². The van der Waals surface area contributed by atoms with Crippen LogP contribution in [0.4, 0.5) is 22.7 Å². The van der Waals surface area contributed by atoms with Crippen molar-refractivity contribution in [2.24, 2.45) is 0 Å². The largest absolute Gasteiger partial charge is 1.00 e. The van der Waals surface area contributed by atoms with Crippen LogP contribution in [0.25, 0.3) is 0 Å². The van der Waals surface area contributed by atoms with Gasteiger partial charge in [-0.1, -0.05) is 36.1 Å². The van der Waals surface area contributed by atoms with Gasteiger partial charge in [0.2, 0.25) is 0 Å². The molecular weight excluding hydrogens is 265 g/mol. The molecule has 4 nitrogen and oxygen atoms in total. The predicted molar refractivity (Wildman–Crippen MR) is 56.9 cm³/mol. The molecule has 1 aromatic carbocycles. The van der Waals surface area contributed by atoms with E-state index in [1.54, 1.807) is 0 Å². The van der Waals surface area contributed by atoms with E-state index >= 15 is 0 Å². The van der Waals surface area contributed by atoms with Gasteiger partial charge in [0.15, 0.2) is 0 Å². The molecule has 1 rings (SSSR count). The van der Waals surface area contributed by atoms with Crippen LogP contribution >= 0.6 is 0 Å². The first kappa shape index (κ1) is 13.0. The molecule has 0 amide bonds. The molecule has 1 radical (unpaired) electrons. The van der Waals surface area contributed by atoms with E-state index in [0.29, 0.717) is 22.7 Å². The summed E-state index contributed by atoms with van der Waals surface area (Å²) in [5.74, 6) is 0. The molecule has 5 heteroatoms. The van der Waals surface area contributed by atoms with Crippen LogP contribution in [-0.4, -0.2) is 0 Å². The van der Waals surface area contributed by atoms with Crippen LogP contribution in [-0.2, 0) is 25.9 Å². The van der Waals surface area contributed by atoms with Gasteiger partial charge in [0.25, 0.3) is 0 Å². The summed E-state index contributed by atoms with van der Waals surface area (Å²) in [5.41, 5.74) is 25.3. The van der Waals surface area contributed by atoms with E-state index in [4.69, 9.17) is 22.9 Å². The van der Waals surface area contributed by atoms with Crippen molar-refractivity contribution in [1.82, 2.24) is 0 Å². The zero-order valence-electron chi connectivity index (χ0n) is 8.08. The van der Waals surface area contributed by atoms with Gasteiger partial charge in [-0.05, 0) is 6.42 Å². The fraction of sp³-hybridized carbons (Fsp3) is 0.333. The third-order valence-electron chi connectivity index (χ3n) is 2.00. The molecule has 0 atom stereocenters. The van der Waals surface area contributed by atoms with E-state index in [2.05, 4.69) is 6.07 Å². The SMILES string of the molecule is CCCc1c(N)c(N)[c-]c(N)c1N.[Ru+]. The second-order valence-electron chi connectivity index (χ2n) is 3.01. The topological polar surface area (TPSA) is 104 Å². The molecule has 0 heterocycles. The number of rotatable bonds is 2. The minimum Gasteiger partial charge on any atom is -0.448 e. The van der Waals surface area contributed by atoms with Gasteiger partial charge in [-0.3, -0.25) is 0 Å². The van der Waals surface area contributed by atoms with E-state index in [1.165, 1.54) is 0 Å². The Morgan fingerprint density at radius 2 is 1.43 bits per heavy atom. The van der Waals surface area contributed by atoms with Crippen molar-refractivity contribution in [2.45, 2.75) is 19.8 Å². The van der Waals surface area contributed by atoms with Crippen LogP contribution < -0.4 is 22.9 Å². The number of hydrogen-bond acceptors (Lipinski definition) is 4. The molecule has 8 N–H and O–H groups in total. The third-order valence-corrected chi connectivity index (χ3v) is 2.00. The van der Waals surface area contributed by atoms with E-state index in [-0.39, 0.29) is 19.5 Å².